The van der Waals surface area contributed by atoms with Gasteiger partial charge in [-0.05, 0) is 23.1 Å². The van der Waals surface area contributed by atoms with Crippen molar-refractivity contribution < 1.29 is 4.74 Å². The van der Waals surface area contributed by atoms with E-state index in [-0.39, 0.29) is 5.41 Å². The Morgan fingerprint density at radius 3 is 1.40 bits per heavy atom. The first-order valence-corrected chi connectivity index (χ1v) is 9.21. The van der Waals surface area contributed by atoms with Crippen molar-refractivity contribution in [3.05, 3.63) is 108 Å². The molecule has 0 aliphatic heterocycles. The van der Waals surface area contributed by atoms with Gasteiger partial charge in [0.05, 0.1) is 12.0 Å². The lowest BCUT2D eigenvalue weighted by Gasteiger charge is -2.35. The fourth-order valence-corrected chi connectivity index (χ4v) is 3.41. The fourth-order valence-electron chi connectivity index (χ4n) is 3.30. The Morgan fingerprint density at radius 1 is 0.640 bits per heavy atom. The van der Waals surface area contributed by atoms with Crippen molar-refractivity contribution in [1.29, 1.82) is 0 Å². The zero-order valence-electron chi connectivity index (χ0n) is 14.3. The monoisotopic (exact) mass is 350 g/mol. The SMILES string of the molecule is ClCCCOCC(c1ccccc1)(c1ccccc1)c1ccccc1. The van der Waals surface area contributed by atoms with Crippen LogP contribution in [-0.4, -0.2) is 19.1 Å². The molecule has 0 N–H and O–H groups in total. The third-order valence-electron chi connectivity index (χ3n) is 4.54. The standard InChI is InChI=1S/C23H23ClO/c24-17-10-18-25-19-23(20-11-4-1-5-12-20,21-13-6-2-7-14-21)22-15-8-3-9-16-22/h1-9,11-16H,10,17-19H2. The molecule has 0 aliphatic carbocycles. The highest BCUT2D eigenvalue weighted by molar-refractivity contribution is 6.17. The summed E-state index contributed by atoms with van der Waals surface area (Å²) < 4.78 is 6.12. The molecule has 1 nitrogen and oxygen atoms in total. The van der Waals surface area contributed by atoms with Gasteiger partial charge in [-0.1, -0.05) is 91.0 Å². The molecule has 0 heterocycles. The van der Waals surface area contributed by atoms with Gasteiger partial charge in [-0.15, -0.1) is 11.6 Å². The smallest absolute Gasteiger partial charge is 0.0685 e. The van der Waals surface area contributed by atoms with E-state index < -0.39 is 0 Å². The number of hydrogen-bond acceptors (Lipinski definition) is 1. The molecule has 3 aromatic rings. The van der Waals surface area contributed by atoms with Gasteiger partial charge in [0.2, 0.25) is 0 Å². The first-order valence-electron chi connectivity index (χ1n) is 8.68. The average molecular weight is 351 g/mol. The second-order valence-electron chi connectivity index (χ2n) is 6.10. The first kappa shape index (κ1) is 17.7. The van der Waals surface area contributed by atoms with Crippen LogP contribution in [0.25, 0.3) is 0 Å². The summed E-state index contributed by atoms with van der Waals surface area (Å²) in [5.41, 5.74) is 3.37. The van der Waals surface area contributed by atoms with E-state index in [2.05, 4.69) is 91.0 Å². The summed E-state index contributed by atoms with van der Waals surface area (Å²) in [6.45, 7) is 1.25. The third kappa shape index (κ3) is 3.95. The highest BCUT2D eigenvalue weighted by Crippen LogP contribution is 2.39. The van der Waals surface area contributed by atoms with Crippen molar-refractivity contribution in [1.82, 2.24) is 0 Å². The second kappa shape index (κ2) is 8.84. The van der Waals surface area contributed by atoms with E-state index in [1.807, 2.05) is 0 Å². The lowest BCUT2D eigenvalue weighted by molar-refractivity contribution is 0.108. The Hall–Kier alpha value is -2.09. The summed E-state index contributed by atoms with van der Waals surface area (Å²) in [6.07, 6.45) is 0.857. The molecule has 0 spiro atoms. The molecular formula is C23H23ClO. The molecule has 3 aromatic carbocycles. The maximum absolute atomic E-state index is 6.12. The van der Waals surface area contributed by atoms with Crippen LogP contribution in [0, 0.1) is 0 Å². The average Bonchev–Trinajstić information content (AvgIpc) is 2.70. The largest absolute Gasteiger partial charge is 0.380 e. The molecule has 0 saturated carbocycles. The Bertz CT molecular complexity index is 644. The summed E-state index contributed by atoms with van der Waals surface area (Å²) in [4.78, 5) is 0. The predicted molar refractivity (Wildman–Crippen MR) is 105 cm³/mol. The van der Waals surface area contributed by atoms with Gasteiger partial charge in [-0.2, -0.15) is 0 Å². The molecule has 0 bridgehead atoms. The highest BCUT2D eigenvalue weighted by atomic mass is 35.5. The topological polar surface area (TPSA) is 9.23 Å². The van der Waals surface area contributed by atoms with Crippen molar-refractivity contribution in [2.75, 3.05) is 19.1 Å². The van der Waals surface area contributed by atoms with Crippen LogP contribution in [0.2, 0.25) is 0 Å². The van der Waals surface area contributed by atoms with Crippen LogP contribution in [0.3, 0.4) is 0 Å². The summed E-state index contributed by atoms with van der Waals surface area (Å²) in [5, 5.41) is 0. The van der Waals surface area contributed by atoms with Gasteiger partial charge in [0, 0.05) is 12.5 Å². The lowest BCUT2D eigenvalue weighted by atomic mass is 9.70. The Balaban J connectivity index is 2.13. The minimum absolute atomic E-state index is 0.337. The van der Waals surface area contributed by atoms with Crippen molar-refractivity contribution in [3.63, 3.8) is 0 Å². The van der Waals surface area contributed by atoms with E-state index in [1.54, 1.807) is 0 Å². The summed E-state index contributed by atoms with van der Waals surface area (Å²) in [7, 11) is 0. The van der Waals surface area contributed by atoms with Crippen molar-refractivity contribution in [2.24, 2.45) is 0 Å². The minimum atomic E-state index is -0.337. The molecular weight excluding hydrogens is 328 g/mol. The molecule has 25 heavy (non-hydrogen) atoms. The molecule has 3 rings (SSSR count). The van der Waals surface area contributed by atoms with Gasteiger partial charge in [-0.25, -0.2) is 0 Å². The van der Waals surface area contributed by atoms with Crippen LogP contribution in [0.15, 0.2) is 91.0 Å². The molecule has 0 amide bonds. The van der Waals surface area contributed by atoms with E-state index in [1.165, 1.54) is 16.7 Å². The zero-order chi connectivity index (χ0) is 17.4. The van der Waals surface area contributed by atoms with E-state index >= 15 is 0 Å². The molecule has 2 heteroatoms. The number of halogens is 1. The maximum atomic E-state index is 6.12. The van der Waals surface area contributed by atoms with E-state index in [0.717, 1.165) is 6.42 Å². The number of benzene rings is 3. The molecule has 0 aromatic heterocycles. The van der Waals surface area contributed by atoms with Crippen LogP contribution in [0.4, 0.5) is 0 Å². The van der Waals surface area contributed by atoms with Gasteiger partial charge in [0.15, 0.2) is 0 Å². The number of rotatable bonds is 8. The molecule has 0 aliphatic rings. The van der Waals surface area contributed by atoms with Crippen molar-refractivity contribution >= 4 is 11.6 Å². The first-order chi connectivity index (χ1) is 12.4. The maximum Gasteiger partial charge on any atom is 0.0685 e. The van der Waals surface area contributed by atoms with Crippen molar-refractivity contribution in [3.8, 4) is 0 Å². The molecule has 0 radical (unpaired) electrons. The fraction of sp³-hybridized carbons (Fsp3) is 0.217. The van der Waals surface area contributed by atoms with Crippen molar-refractivity contribution in [2.45, 2.75) is 11.8 Å². The summed E-state index contributed by atoms with van der Waals surface area (Å²) >= 11 is 5.82. The Morgan fingerprint density at radius 2 is 1.04 bits per heavy atom. The van der Waals surface area contributed by atoms with Gasteiger partial charge in [0.1, 0.15) is 0 Å². The van der Waals surface area contributed by atoms with Gasteiger partial charge in [-0.3, -0.25) is 0 Å². The molecule has 0 saturated heterocycles. The van der Waals surface area contributed by atoms with Crippen LogP contribution >= 0.6 is 11.6 Å². The molecule has 0 atom stereocenters. The minimum Gasteiger partial charge on any atom is -0.380 e. The van der Waals surface area contributed by atoms with Crippen LogP contribution < -0.4 is 0 Å². The van der Waals surface area contributed by atoms with E-state index in [4.69, 9.17) is 16.3 Å². The summed E-state index contributed by atoms with van der Waals surface area (Å²) in [5.74, 6) is 0.620. The quantitative estimate of drug-likeness (QED) is 0.289. The number of hydrogen-bond donors (Lipinski definition) is 0. The molecule has 128 valence electrons. The molecule has 0 unspecified atom stereocenters. The highest BCUT2D eigenvalue weighted by Gasteiger charge is 2.36. The van der Waals surface area contributed by atoms with Crippen LogP contribution in [-0.2, 0) is 10.2 Å². The Kier molecular flexibility index (Phi) is 6.27. The second-order valence-corrected chi connectivity index (χ2v) is 6.48. The predicted octanol–water partition coefficient (Wildman–Crippen LogP) is 5.67. The van der Waals surface area contributed by atoms with Crippen LogP contribution in [0.5, 0.6) is 0 Å². The van der Waals surface area contributed by atoms with Gasteiger partial charge >= 0.3 is 0 Å². The normalized spacial score (nSPS) is 11.4. The third-order valence-corrected chi connectivity index (χ3v) is 4.81. The zero-order valence-corrected chi connectivity index (χ0v) is 15.0. The molecule has 0 fully saturated rings. The van der Waals surface area contributed by atoms with E-state index in [9.17, 15) is 0 Å². The lowest BCUT2D eigenvalue weighted by Crippen LogP contribution is -2.35. The van der Waals surface area contributed by atoms with E-state index in [0.29, 0.717) is 19.1 Å². The van der Waals surface area contributed by atoms with Crippen LogP contribution in [0.1, 0.15) is 23.1 Å². The number of ether oxygens (including phenoxy) is 1. The number of alkyl halides is 1. The Labute approximate surface area is 155 Å². The van der Waals surface area contributed by atoms with Gasteiger partial charge < -0.3 is 4.74 Å². The summed E-state index contributed by atoms with van der Waals surface area (Å²) in [6, 6.07) is 31.8. The van der Waals surface area contributed by atoms with Gasteiger partial charge in [0.25, 0.3) is 0 Å².